The van der Waals surface area contributed by atoms with Crippen molar-refractivity contribution in [2.24, 2.45) is 0 Å². The fourth-order valence-corrected chi connectivity index (χ4v) is 1.53. The van der Waals surface area contributed by atoms with Gasteiger partial charge >= 0.3 is 5.97 Å². The first kappa shape index (κ1) is 13.6. The second kappa shape index (κ2) is 5.75. The number of rotatable bonds is 6. The van der Waals surface area contributed by atoms with E-state index < -0.39 is 11.5 Å². The van der Waals surface area contributed by atoms with Gasteiger partial charge in [-0.25, -0.2) is 0 Å². The van der Waals surface area contributed by atoms with Gasteiger partial charge < -0.3 is 9.84 Å². The number of hydrogen-bond donors (Lipinski definition) is 1. The summed E-state index contributed by atoms with van der Waals surface area (Å²) in [4.78, 5) is 17.2. The third-order valence-corrected chi connectivity index (χ3v) is 2.85. The molecule has 0 fully saturated rings. The summed E-state index contributed by atoms with van der Waals surface area (Å²) >= 11 is 0. The topological polar surface area (TPSA) is 62.7 Å². The van der Waals surface area contributed by atoms with Gasteiger partial charge in [0.1, 0.15) is 5.54 Å². The van der Waals surface area contributed by atoms with Gasteiger partial charge in [0.15, 0.2) is 0 Å². The molecule has 1 heterocycles. The van der Waals surface area contributed by atoms with E-state index in [0.29, 0.717) is 6.54 Å². The number of carboxylic acid groups (broad SMARTS) is 1. The van der Waals surface area contributed by atoms with Gasteiger partial charge in [-0.15, -0.1) is 0 Å². The van der Waals surface area contributed by atoms with Crippen LogP contribution in [0.25, 0.3) is 0 Å². The van der Waals surface area contributed by atoms with E-state index in [9.17, 15) is 9.90 Å². The highest BCUT2D eigenvalue weighted by Gasteiger charge is 2.37. The minimum absolute atomic E-state index is 0.131. The molecule has 0 amide bonds. The lowest BCUT2D eigenvalue weighted by molar-refractivity contribution is -0.153. The van der Waals surface area contributed by atoms with Crippen molar-refractivity contribution in [3.8, 4) is 0 Å². The number of likely N-dealkylation sites (N-methyl/N-ethyl adjacent to an activating group) is 1. The van der Waals surface area contributed by atoms with Gasteiger partial charge in [0.2, 0.25) is 0 Å². The Morgan fingerprint density at radius 1 is 1.59 bits per heavy atom. The number of ether oxygens (including phenoxy) is 1. The van der Waals surface area contributed by atoms with Crippen molar-refractivity contribution in [2.45, 2.75) is 19.0 Å². The van der Waals surface area contributed by atoms with Gasteiger partial charge in [-0.3, -0.25) is 14.7 Å². The smallest absolute Gasteiger partial charge is 0.326 e. The molecular formula is C12H18N2O3. The Morgan fingerprint density at radius 2 is 2.29 bits per heavy atom. The summed E-state index contributed by atoms with van der Waals surface area (Å²) in [6.45, 7) is 2.24. The lowest BCUT2D eigenvalue weighted by Gasteiger charge is -2.34. The van der Waals surface area contributed by atoms with Crippen molar-refractivity contribution in [1.29, 1.82) is 0 Å². The molecule has 1 rings (SSSR count). The average Bonchev–Trinajstić information content (AvgIpc) is 2.30. The van der Waals surface area contributed by atoms with Crippen LogP contribution in [0, 0.1) is 0 Å². The lowest BCUT2D eigenvalue weighted by Crippen LogP contribution is -2.53. The van der Waals surface area contributed by atoms with Gasteiger partial charge in [0, 0.05) is 19.9 Å². The number of carbonyl (C=O) groups is 1. The minimum atomic E-state index is -1.05. The molecule has 1 N–H and O–H groups in total. The van der Waals surface area contributed by atoms with Gasteiger partial charge in [-0.1, -0.05) is 6.07 Å². The highest BCUT2D eigenvalue weighted by Crippen LogP contribution is 2.16. The van der Waals surface area contributed by atoms with Crippen LogP contribution in [-0.2, 0) is 16.1 Å². The summed E-state index contributed by atoms with van der Waals surface area (Å²) in [5, 5.41) is 9.27. The zero-order chi connectivity index (χ0) is 12.9. The van der Waals surface area contributed by atoms with Crippen molar-refractivity contribution in [3.63, 3.8) is 0 Å². The van der Waals surface area contributed by atoms with Gasteiger partial charge in [-0.05, 0) is 26.1 Å². The SMILES string of the molecule is COCC(C)(C(=O)O)N(C)Cc1ccccn1. The van der Waals surface area contributed by atoms with Crippen LogP contribution in [0.5, 0.6) is 0 Å². The normalized spacial score (nSPS) is 14.6. The maximum absolute atomic E-state index is 11.3. The molecule has 94 valence electrons. The summed E-state index contributed by atoms with van der Waals surface area (Å²) in [6.07, 6.45) is 1.69. The zero-order valence-electron chi connectivity index (χ0n) is 10.4. The molecule has 1 atom stereocenters. The predicted octanol–water partition coefficient (Wildman–Crippen LogP) is 1.00. The highest BCUT2D eigenvalue weighted by molar-refractivity contribution is 5.78. The van der Waals surface area contributed by atoms with Crippen LogP contribution in [0.4, 0.5) is 0 Å². The summed E-state index contributed by atoms with van der Waals surface area (Å²) < 4.78 is 4.98. The van der Waals surface area contributed by atoms with E-state index in [-0.39, 0.29) is 6.61 Å². The Balaban J connectivity index is 2.79. The number of nitrogens with zero attached hydrogens (tertiary/aromatic N) is 2. The number of aromatic nitrogens is 1. The molecule has 0 aromatic carbocycles. The molecule has 0 aliphatic carbocycles. The first-order chi connectivity index (χ1) is 8.00. The van der Waals surface area contributed by atoms with Gasteiger partial charge in [-0.2, -0.15) is 0 Å². The van der Waals surface area contributed by atoms with Gasteiger partial charge in [0.25, 0.3) is 0 Å². The van der Waals surface area contributed by atoms with E-state index in [1.807, 2.05) is 18.2 Å². The van der Waals surface area contributed by atoms with E-state index in [4.69, 9.17) is 4.74 Å². The number of methoxy groups -OCH3 is 1. The summed E-state index contributed by atoms with van der Waals surface area (Å²) in [7, 11) is 3.25. The standard InChI is InChI=1S/C12H18N2O3/c1-12(9-17-3,11(15)16)14(2)8-10-6-4-5-7-13-10/h4-7H,8-9H2,1-3H3,(H,15,16). The molecule has 1 aromatic heterocycles. The molecule has 0 aliphatic rings. The summed E-state index contributed by atoms with van der Waals surface area (Å²) in [6, 6.07) is 5.57. The Kier molecular flexibility index (Phi) is 4.60. The maximum Gasteiger partial charge on any atom is 0.326 e. The molecule has 0 saturated heterocycles. The number of aliphatic carboxylic acids is 1. The van der Waals surface area contributed by atoms with E-state index in [1.165, 1.54) is 7.11 Å². The van der Waals surface area contributed by atoms with Crippen molar-refractivity contribution in [3.05, 3.63) is 30.1 Å². The van der Waals surface area contributed by atoms with Crippen molar-refractivity contribution in [1.82, 2.24) is 9.88 Å². The van der Waals surface area contributed by atoms with E-state index in [0.717, 1.165) is 5.69 Å². The van der Waals surface area contributed by atoms with Crippen LogP contribution in [0.15, 0.2) is 24.4 Å². The van der Waals surface area contributed by atoms with Crippen molar-refractivity contribution >= 4 is 5.97 Å². The first-order valence-corrected chi connectivity index (χ1v) is 5.34. The first-order valence-electron chi connectivity index (χ1n) is 5.34. The number of carboxylic acids is 1. The van der Waals surface area contributed by atoms with Crippen LogP contribution >= 0.6 is 0 Å². The minimum Gasteiger partial charge on any atom is -0.480 e. The molecule has 0 spiro atoms. The van der Waals surface area contributed by atoms with Crippen LogP contribution in [-0.4, -0.2) is 47.3 Å². The van der Waals surface area contributed by atoms with Gasteiger partial charge in [0.05, 0.1) is 12.3 Å². The molecular weight excluding hydrogens is 220 g/mol. The fraction of sp³-hybridized carbons (Fsp3) is 0.500. The third-order valence-electron chi connectivity index (χ3n) is 2.85. The molecule has 5 heteroatoms. The molecule has 0 aliphatic heterocycles. The third kappa shape index (κ3) is 3.25. The molecule has 0 bridgehead atoms. The second-order valence-electron chi connectivity index (χ2n) is 4.19. The Morgan fingerprint density at radius 3 is 2.76 bits per heavy atom. The zero-order valence-corrected chi connectivity index (χ0v) is 10.4. The predicted molar refractivity (Wildman–Crippen MR) is 63.6 cm³/mol. The molecule has 17 heavy (non-hydrogen) atoms. The van der Waals surface area contributed by atoms with E-state index in [1.54, 1.807) is 25.1 Å². The van der Waals surface area contributed by atoms with Crippen LogP contribution in [0.3, 0.4) is 0 Å². The Hall–Kier alpha value is -1.46. The summed E-state index contributed by atoms with van der Waals surface area (Å²) in [5.41, 5.74) is -0.217. The van der Waals surface area contributed by atoms with E-state index >= 15 is 0 Å². The van der Waals surface area contributed by atoms with Crippen LogP contribution < -0.4 is 0 Å². The van der Waals surface area contributed by atoms with Crippen LogP contribution in [0.2, 0.25) is 0 Å². The van der Waals surface area contributed by atoms with Crippen LogP contribution in [0.1, 0.15) is 12.6 Å². The largest absolute Gasteiger partial charge is 0.480 e. The maximum atomic E-state index is 11.3. The molecule has 5 nitrogen and oxygen atoms in total. The highest BCUT2D eigenvalue weighted by atomic mass is 16.5. The number of pyridine rings is 1. The van der Waals surface area contributed by atoms with E-state index in [2.05, 4.69) is 4.98 Å². The quantitative estimate of drug-likeness (QED) is 0.801. The second-order valence-corrected chi connectivity index (χ2v) is 4.19. The Bertz CT molecular complexity index is 369. The molecule has 0 radical (unpaired) electrons. The number of hydrogen-bond acceptors (Lipinski definition) is 4. The van der Waals surface area contributed by atoms with Crippen molar-refractivity contribution in [2.75, 3.05) is 20.8 Å². The lowest BCUT2D eigenvalue weighted by atomic mass is 10.0. The molecule has 0 saturated carbocycles. The monoisotopic (exact) mass is 238 g/mol. The Labute approximate surface area is 101 Å². The molecule has 1 aromatic rings. The summed E-state index contributed by atoms with van der Waals surface area (Å²) in [5.74, 6) is -0.905. The fourth-order valence-electron chi connectivity index (χ4n) is 1.53. The van der Waals surface area contributed by atoms with Crippen molar-refractivity contribution < 1.29 is 14.6 Å². The molecule has 1 unspecified atom stereocenters. The average molecular weight is 238 g/mol.